The Morgan fingerprint density at radius 3 is 2.74 bits per heavy atom. The first-order valence-corrected chi connectivity index (χ1v) is 6.25. The Balaban J connectivity index is 1.88. The van der Waals surface area contributed by atoms with Gasteiger partial charge in [-0.2, -0.15) is 5.10 Å². The number of hydrogen-bond donors (Lipinski definition) is 1. The lowest BCUT2D eigenvalue weighted by Gasteiger charge is -2.07. The third-order valence-corrected chi connectivity index (χ3v) is 2.79. The van der Waals surface area contributed by atoms with Crippen molar-refractivity contribution in [3.05, 3.63) is 48.3 Å². The van der Waals surface area contributed by atoms with E-state index < -0.39 is 0 Å². The zero-order valence-electron chi connectivity index (χ0n) is 10.9. The van der Waals surface area contributed by atoms with Crippen LogP contribution in [0.15, 0.2) is 47.9 Å². The third kappa shape index (κ3) is 3.58. The van der Waals surface area contributed by atoms with Crippen LogP contribution in [0.25, 0.3) is 0 Å². The number of rotatable bonds is 6. The molecule has 0 saturated heterocycles. The second-order valence-electron chi connectivity index (χ2n) is 4.04. The Bertz CT molecular complexity index is 518. The molecule has 5 nitrogen and oxygen atoms in total. The van der Waals surface area contributed by atoms with E-state index in [4.69, 9.17) is 9.94 Å². The van der Waals surface area contributed by atoms with Crippen molar-refractivity contribution in [2.45, 2.75) is 19.9 Å². The molecule has 0 aliphatic carbocycles. The Hall–Kier alpha value is -2.30. The van der Waals surface area contributed by atoms with E-state index >= 15 is 0 Å². The second kappa shape index (κ2) is 6.58. The van der Waals surface area contributed by atoms with Gasteiger partial charge in [0.25, 0.3) is 0 Å². The van der Waals surface area contributed by atoms with Gasteiger partial charge in [-0.3, -0.25) is 4.68 Å². The molecule has 0 radical (unpaired) electrons. The van der Waals surface area contributed by atoms with Gasteiger partial charge in [0.05, 0.1) is 12.3 Å². The summed E-state index contributed by atoms with van der Waals surface area (Å²) in [4.78, 5) is 0. The van der Waals surface area contributed by atoms with Crippen LogP contribution in [-0.4, -0.2) is 27.3 Å². The molecule has 0 aliphatic heterocycles. The number of nitrogens with zero attached hydrogens (tertiary/aromatic N) is 3. The molecule has 0 fully saturated rings. The Kier molecular flexibility index (Phi) is 4.55. The van der Waals surface area contributed by atoms with Crippen LogP contribution in [0.4, 0.5) is 0 Å². The highest BCUT2D eigenvalue weighted by Crippen LogP contribution is 2.14. The molecule has 0 unspecified atom stereocenters. The topological polar surface area (TPSA) is 59.6 Å². The maximum atomic E-state index is 8.84. The molecule has 19 heavy (non-hydrogen) atoms. The van der Waals surface area contributed by atoms with Crippen LogP contribution in [-0.2, 0) is 6.54 Å². The molecular formula is C14H17N3O2. The minimum atomic E-state index is 0.565. The standard InChI is InChI=1S/C14H17N3O2/c1-2-14(16-18)12-4-6-13(7-5-12)19-11-10-17-9-3-8-15-17/h3-9,18H,2,10-11H2,1H3/b16-14-. The molecule has 1 aromatic heterocycles. The number of hydrogen-bond acceptors (Lipinski definition) is 4. The molecule has 2 aromatic rings. The number of ether oxygens (including phenoxy) is 1. The summed E-state index contributed by atoms with van der Waals surface area (Å²) < 4.78 is 7.44. The van der Waals surface area contributed by atoms with E-state index in [1.54, 1.807) is 6.20 Å². The van der Waals surface area contributed by atoms with Crippen LogP contribution in [0, 0.1) is 0 Å². The summed E-state index contributed by atoms with van der Waals surface area (Å²) in [5, 5.41) is 16.2. The lowest BCUT2D eigenvalue weighted by Crippen LogP contribution is -2.08. The normalized spacial score (nSPS) is 11.5. The number of aromatic nitrogens is 2. The average Bonchev–Trinajstić information content (AvgIpc) is 2.95. The van der Waals surface area contributed by atoms with Gasteiger partial charge in [-0.05, 0) is 42.3 Å². The first-order valence-electron chi connectivity index (χ1n) is 6.25. The molecule has 100 valence electrons. The van der Waals surface area contributed by atoms with Gasteiger partial charge in [0.15, 0.2) is 0 Å². The highest BCUT2D eigenvalue weighted by molar-refractivity contribution is 6.00. The van der Waals surface area contributed by atoms with Gasteiger partial charge < -0.3 is 9.94 Å². The smallest absolute Gasteiger partial charge is 0.119 e. The minimum absolute atomic E-state index is 0.565. The van der Waals surface area contributed by atoms with Crippen LogP contribution in [0.2, 0.25) is 0 Å². The predicted octanol–water partition coefficient (Wildman–Crippen LogP) is 2.55. The maximum absolute atomic E-state index is 8.84. The molecule has 2 rings (SSSR count). The van der Waals surface area contributed by atoms with Gasteiger partial charge in [0, 0.05) is 12.4 Å². The highest BCUT2D eigenvalue weighted by Gasteiger charge is 2.02. The molecule has 0 saturated carbocycles. The molecule has 0 amide bonds. The van der Waals surface area contributed by atoms with E-state index in [1.807, 2.05) is 48.1 Å². The Labute approximate surface area is 112 Å². The fourth-order valence-electron chi connectivity index (χ4n) is 1.77. The fourth-order valence-corrected chi connectivity index (χ4v) is 1.77. The lowest BCUT2D eigenvalue weighted by molar-refractivity contribution is 0.291. The number of benzene rings is 1. The molecule has 0 atom stereocenters. The van der Waals surface area contributed by atoms with Gasteiger partial charge in [-0.1, -0.05) is 12.1 Å². The van der Waals surface area contributed by atoms with E-state index in [1.165, 1.54) is 0 Å². The molecule has 0 aliphatic rings. The quantitative estimate of drug-likeness (QED) is 0.492. The van der Waals surface area contributed by atoms with E-state index in [2.05, 4.69) is 10.3 Å². The summed E-state index contributed by atoms with van der Waals surface area (Å²) >= 11 is 0. The molecule has 1 N–H and O–H groups in total. The summed E-state index contributed by atoms with van der Waals surface area (Å²) in [5.41, 5.74) is 1.58. The maximum Gasteiger partial charge on any atom is 0.119 e. The first kappa shape index (κ1) is 13.1. The Morgan fingerprint density at radius 2 is 2.16 bits per heavy atom. The molecule has 5 heteroatoms. The van der Waals surface area contributed by atoms with Crippen molar-refractivity contribution in [3.63, 3.8) is 0 Å². The largest absolute Gasteiger partial charge is 0.492 e. The van der Waals surface area contributed by atoms with Gasteiger partial charge in [0.2, 0.25) is 0 Å². The van der Waals surface area contributed by atoms with E-state index in [9.17, 15) is 0 Å². The van der Waals surface area contributed by atoms with Crippen molar-refractivity contribution in [1.82, 2.24) is 9.78 Å². The summed E-state index contributed by atoms with van der Waals surface area (Å²) in [6.45, 7) is 3.23. The summed E-state index contributed by atoms with van der Waals surface area (Å²) in [6.07, 6.45) is 4.34. The fraction of sp³-hybridized carbons (Fsp3) is 0.286. The third-order valence-electron chi connectivity index (χ3n) is 2.79. The molecule has 1 heterocycles. The van der Waals surface area contributed by atoms with Crippen molar-refractivity contribution >= 4 is 5.71 Å². The molecule has 0 bridgehead atoms. The van der Waals surface area contributed by atoms with E-state index in [-0.39, 0.29) is 0 Å². The molecular weight excluding hydrogens is 242 g/mol. The van der Waals surface area contributed by atoms with Gasteiger partial charge in [-0.25, -0.2) is 0 Å². The predicted molar refractivity (Wildman–Crippen MR) is 72.8 cm³/mol. The van der Waals surface area contributed by atoms with Gasteiger partial charge in [-0.15, -0.1) is 0 Å². The minimum Gasteiger partial charge on any atom is -0.492 e. The molecule has 1 aromatic carbocycles. The van der Waals surface area contributed by atoms with Gasteiger partial charge >= 0.3 is 0 Å². The van der Waals surface area contributed by atoms with E-state index in [0.717, 1.165) is 11.3 Å². The van der Waals surface area contributed by atoms with Crippen LogP contribution < -0.4 is 4.74 Å². The summed E-state index contributed by atoms with van der Waals surface area (Å²) in [5.74, 6) is 0.796. The lowest BCUT2D eigenvalue weighted by atomic mass is 10.1. The summed E-state index contributed by atoms with van der Waals surface area (Å²) in [6, 6.07) is 9.41. The van der Waals surface area contributed by atoms with Crippen molar-refractivity contribution in [3.8, 4) is 5.75 Å². The average molecular weight is 259 g/mol. The zero-order valence-corrected chi connectivity index (χ0v) is 10.9. The highest BCUT2D eigenvalue weighted by atomic mass is 16.5. The SMILES string of the molecule is CC/C(=N/O)c1ccc(OCCn2cccn2)cc1. The monoisotopic (exact) mass is 259 g/mol. The van der Waals surface area contributed by atoms with Crippen molar-refractivity contribution in [2.24, 2.45) is 5.16 Å². The van der Waals surface area contributed by atoms with Gasteiger partial charge in [0.1, 0.15) is 12.4 Å². The second-order valence-corrected chi connectivity index (χ2v) is 4.04. The van der Waals surface area contributed by atoms with Crippen LogP contribution >= 0.6 is 0 Å². The molecule has 0 spiro atoms. The zero-order chi connectivity index (χ0) is 13.5. The van der Waals surface area contributed by atoms with Crippen LogP contribution in [0.5, 0.6) is 5.75 Å². The first-order chi connectivity index (χ1) is 9.33. The summed E-state index contributed by atoms with van der Waals surface area (Å²) in [7, 11) is 0. The van der Waals surface area contributed by atoms with Crippen LogP contribution in [0.1, 0.15) is 18.9 Å². The number of oxime groups is 1. The Morgan fingerprint density at radius 1 is 1.37 bits per heavy atom. The van der Waals surface area contributed by atoms with Crippen LogP contribution in [0.3, 0.4) is 0 Å². The van der Waals surface area contributed by atoms with Crippen molar-refractivity contribution < 1.29 is 9.94 Å². The van der Waals surface area contributed by atoms with Crippen molar-refractivity contribution in [2.75, 3.05) is 6.61 Å². The van der Waals surface area contributed by atoms with E-state index in [0.29, 0.717) is 25.3 Å². The van der Waals surface area contributed by atoms with Crippen molar-refractivity contribution in [1.29, 1.82) is 0 Å².